The molecule has 1 atom stereocenters. The number of hydrogen-bond acceptors (Lipinski definition) is 2. The highest BCUT2D eigenvalue weighted by Gasteiger charge is 2.32. The second-order valence-corrected chi connectivity index (χ2v) is 6.32. The van der Waals surface area contributed by atoms with Crippen molar-refractivity contribution < 1.29 is 9.53 Å². The number of benzene rings is 2. The van der Waals surface area contributed by atoms with Crippen LogP contribution in [0.1, 0.15) is 29.9 Å². The van der Waals surface area contributed by atoms with Crippen LogP contribution in [0.15, 0.2) is 48.5 Å². The van der Waals surface area contributed by atoms with Crippen LogP contribution in [0.5, 0.6) is 0 Å². The van der Waals surface area contributed by atoms with Crippen molar-refractivity contribution in [2.45, 2.75) is 24.8 Å². The normalized spacial score (nSPS) is 18.8. The van der Waals surface area contributed by atoms with E-state index in [1.165, 1.54) is 22.3 Å². The predicted octanol–water partition coefficient (Wildman–Crippen LogP) is 4.03. The van der Waals surface area contributed by atoms with Gasteiger partial charge in [0.25, 0.3) is 0 Å². The van der Waals surface area contributed by atoms with Crippen molar-refractivity contribution in [3.05, 3.63) is 59.7 Å². The molecule has 1 unspecified atom stereocenters. The molecule has 0 radical (unpaired) electrons. The molecule has 3 heteroatoms. The van der Waals surface area contributed by atoms with Gasteiger partial charge in [-0.2, -0.15) is 0 Å². The van der Waals surface area contributed by atoms with Gasteiger partial charge < -0.3 is 4.74 Å². The lowest BCUT2D eigenvalue weighted by atomic mass is 9.98. The summed E-state index contributed by atoms with van der Waals surface area (Å²) < 4.78 is 5.65. The van der Waals surface area contributed by atoms with E-state index in [1.54, 1.807) is 4.90 Å². The molecule has 24 heavy (non-hydrogen) atoms. The summed E-state index contributed by atoms with van der Waals surface area (Å²) in [6, 6.07) is 16.5. The quantitative estimate of drug-likeness (QED) is 0.783. The van der Waals surface area contributed by atoms with E-state index < -0.39 is 0 Å². The monoisotopic (exact) mass is 317 g/mol. The van der Waals surface area contributed by atoms with Gasteiger partial charge in [-0.3, -0.25) is 4.90 Å². The maximum Gasteiger partial charge on any atom is 0.410 e. The van der Waals surface area contributed by atoms with E-state index >= 15 is 0 Å². The number of hydrogen-bond donors (Lipinski definition) is 0. The summed E-state index contributed by atoms with van der Waals surface area (Å²) in [6.07, 6.45) is 7.02. The van der Waals surface area contributed by atoms with Gasteiger partial charge in [0.15, 0.2) is 0 Å². The Labute approximate surface area is 142 Å². The minimum absolute atomic E-state index is 0.0910. The van der Waals surface area contributed by atoms with Gasteiger partial charge in [0.2, 0.25) is 0 Å². The molecule has 120 valence electrons. The predicted molar refractivity (Wildman–Crippen MR) is 93.6 cm³/mol. The molecule has 1 amide bonds. The molecule has 0 spiro atoms. The highest BCUT2D eigenvalue weighted by molar-refractivity contribution is 5.79. The SMILES string of the molecule is C#CC1CCCN1C(=O)OCC1c2ccccc2-c2ccccc21. The molecule has 1 saturated heterocycles. The Morgan fingerprint density at radius 2 is 1.75 bits per heavy atom. The van der Waals surface area contributed by atoms with Crippen LogP contribution >= 0.6 is 0 Å². The first-order valence-electron chi connectivity index (χ1n) is 8.37. The fourth-order valence-electron chi connectivity index (χ4n) is 3.84. The Morgan fingerprint density at radius 1 is 1.12 bits per heavy atom. The lowest BCUT2D eigenvalue weighted by Crippen LogP contribution is -2.35. The molecule has 0 N–H and O–H groups in total. The Bertz CT molecular complexity index is 775. The number of carbonyl (C=O) groups is 1. The number of carbonyl (C=O) groups excluding carboxylic acids is 1. The average Bonchev–Trinajstić information content (AvgIpc) is 3.22. The number of amides is 1. The van der Waals surface area contributed by atoms with Crippen molar-refractivity contribution >= 4 is 6.09 Å². The minimum atomic E-state index is -0.294. The maximum absolute atomic E-state index is 12.4. The van der Waals surface area contributed by atoms with E-state index in [-0.39, 0.29) is 18.1 Å². The third kappa shape index (κ3) is 2.35. The minimum Gasteiger partial charge on any atom is -0.448 e. The average molecular weight is 317 g/mol. The standard InChI is InChI=1S/C21H19NO2/c1-2-15-8-7-13-22(15)21(23)24-14-20-18-11-5-3-9-16(18)17-10-4-6-12-19(17)20/h1,3-6,9-12,15,20H,7-8,13-14H2. The van der Waals surface area contributed by atoms with E-state index in [2.05, 4.69) is 30.2 Å². The van der Waals surface area contributed by atoms with Gasteiger partial charge in [0, 0.05) is 12.5 Å². The molecule has 1 aliphatic heterocycles. The Balaban J connectivity index is 1.55. The van der Waals surface area contributed by atoms with Gasteiger partial charge in [-0.25, -0.2) is 4.79 Å². The first kappa shape index (κ1) is 14.8. The Kier molecular flexibility index (Phi) is 3.74. The summed E-state index contributed by atoms with van der Waals surface area (Å²) in [7, 11) is 0. The molecular formula is C21H19NO2. The van der Waals surface area contributed by atoms with Gasteiger partial charge in [0.1, 0.15) is 6.61 Å². The lowest BCUT2D eigenvalue weighted by Gasteiger charge is -2.22. The summed E-state index contributed by atoms with van der Waals surface area (Å²) in [6.45, 7) is 1.03. The van der Waals surface area contributed by atoms with E-state index in [9.17, 15) is 4.79 Å². The molecule has 1 fully saturated rings. The summed E-state index contributed by atoms with van der Waals surface area (Å²) in [5, 5.41) is 0. The van der Waals surface area contributed by atoms with E-state index in [0.29, 0.717) is 13.2 Å². The molecule has 2 aromatic rings. The number of fused-ring (bicyclic) bond motifs is 3. The van der Waals surface area contributed by atoms with Crippen LogP contribution in [-0.2, 0) is 4.74 Å². The maximum atomic E-state index is 12.4. The molecular weight excluding hydrogens is 298 g/mol. The van der Waals surface area contributed by atoms with Crippen LogP contribution in [0, 0.1) is 12.3 Å². The van der Waals surface area contributed by atoms with Crippen molar-refractivity contribution in [3.63, 3.8) is 0 Å². The van der Waals surface area contributed by atoms with Crippen LogP contribution in [0.3, 0.4) is 0 Å². The van der Waals surface area contributed by atoms with E-state index in [0.717, 1.165) is 12.8 Å². The number of rotatable bonds is 2. The van der Waals surface area contributed by atoms with Crippen molar-refractivity contribution in [3.8, 4) is 23.5 Å². The molecule has 2 aliphatic rings. The molecule has 2 aromatic carbocycles. The Hall–Kier alpha value is -2.73. The third-order valence-electron chi connectivity index (χ3n) is 5.02. The van der Waals surface area contributed by atoms with E-state index in [4.69, 9.17) is 11.2 Å². The number of nitrogens with zero attached hydrogens (tertiary/aromatic N) is 1. The fraction of sp³-hybridized carbons (Fsp3) is 0.286. The van der Waals surface area contributed by atoms with Crippen molar-refractivity contribution in [1.82, 2.24) is 4.90 Å². The van der Waals surface area contributed by atoms with Crippen LogP contribution in [0.4, 0.5) is 4.79 Å². The molecule has 0 saturated carbocycles. The molecule has 1 heterocycles. The highest BCUT2D eigenvalue weighted by Crippen LogP contribution is 2.44. The van der Waals surface area contributed by atoms with Crippen LogP contribution < -0.4 is 0 Å². The summed E-state index contributed by atoms with van der Waals surface area (Å²) in [5.74, 6) is 2.77. The summed E-state index contributed by atoms with van der Waals surface area (Å²) in [5.41, 5.74) is 4.91. The first-order valence-corrected chi connectivity index (χ1v) is 8.37. The molecule has 4 rings (SSSR count). The molecule has 0 bridgehead atoms. The number of ether oxygens (including phenoxy) is 1. The molecule has 0 aromatic heterocycles. The highest BCUT2D eigenvalue weighted by atomic mass is 16.6. The van der Waals surface area contributed by atoms with Gasteiger partial charge in [0.05, 0.1) is 6.04 Å². The Morgan fingerprint density at radius 3 is 2.38 bits per heavy atom. The number of terminal acetylenes is 1. The molecule has 3 nitrogen and oxygen atoms in total. The van der Waals surface area contributed by atoms with Gasteiger partial charge in [-0.15, -0.1) is 6.42 Å². The van der Waals surface area contributed by atoms with Crippen molar-refractivity contribution in [2.75, 3.05) is 13.2 Å². The summed E-state index contributed by atoms with van der Waals surface area (Å²) in [4.78, 5) is 14.1. The zero-order chi connectivity index (χ0) is 16.5. The topological polar surface area (TPSA) is 29.5 Å². The van der Waals surface area contributed by atoms with Crippen molar-refractivity contribution in [1.29, 1.82) is 0 Å². The zero-order valence-corrected chi connectivity index (χ0v) is 13.4. The second kappa shape index (κ2) is 6.05. The van der Waals surface area contributed by atoms with Crippen LogP contribution in [-0.4, -0.2) is 30.2 Å². The van der Waals surface area contributed by atoms with Gasteiger partial charge in [-0.05, 0) is 35.1 Å². The largest absolute Gasteiger partial charge is 0.448 e. The first-order chi connectivity index (χ1) is 11.8. The van der Waals surface area contributed by atoms with Gasteiger partial charge in [-0.1, -0.05) is 54.5 Å². The van der Waals surface area contributed by atoms with E-state index in [1.807, 2.05) is 24.3 Å². The third-order valence-corrected chi connectivity index (χ3v) is 5.02. The lowest BCUT2D eigenvalue weighted by molar-refractivity contribution is 0.102. The zero-order valence-electron chi connectivity index (χ0n) is 13.4. The number of likely N-dealkylation sites (tertiary alicyclic amines) is 1. The molecule has 1 aliphatic carbocycles. The van der Waals surface area contributed by atoms with Crippen LogP contribution in [0.2, 0.25) is 0 Å². The van der Waals surface area contributed by atoms with Gasteiger partial charge >= 0.3 is 6.09 Å². The fourth-order valence-corrected chi connectivity index (χ4v) is 3.84. The smallest absolute Gasteiger partial charge is 0.410 e. The second-order valence-electron chi connectivity index (χ2n) is 6.32. The summed E-state index contributed by atoms with van der Waals surface area (Å²) >= 11 is 0. The van der Waals surface area contributed by atoms with Crippen molar-refractivity contribution in [2.24, 2.45) is 0 Å². The van der Waals surface area contributed by atoms with Crippen LogP contribution in [0.25, 0.3) is 11.1 Å².